The molecule has 0 fully saturated rings. The van der Waals surface area contributed by atoms with Crippen LogP contribution >= 0.6 is 0 Å². The molecule has 0 saturated heterocycles. The van der Waals surface area contributed by atoms with Crippen molar-refractivity contribution in [3.05, 3.63) is 83.9 Å². The first-order valence-corrected chi connectivity index (χ1v) is 9.89. The molecule has 144 valence electrons. The Morgan fingerprint density at radius 3 is 2.00 bits per heavy atom. The maximum Gasteiger partial charge on any atom is 0.330 e. The summed E-state index contributed by atoms with van der Waals surface area (Å²) in [5, 5.41) is 0. The van der Waals surface area contributed by atoms with E-state index < -0.39 is 0 Å². The van der Waals surface area contributed by atoms with Crippen molar-refractivity contribution in [2.75, 3.05) is 6.61 Å². The Morgan fingerprint density at radius 1 is 0.963 bits per heavy atom. The van der Waals surface area contributed by atoms with Crippen molar-refractivity contribution in [3.8, 4) is 0 Å². The predicted molar refractivity (Wildman–Crippen MR) is 111 cm³/mol. The number of ether oxygens (including phenoxy) is 1. The zero-order valence-electron chi connectivity index (χ0n) is 16.5. The van der Waals surface area contributed by atoms with Crippen LogP contribution < -0.4 is 0 Å². The number of hydrogen-bond acceptors (Lipinski definition) is 3. The van der Waals surface area contributed by atoms with Gasteiger partial charge in [0.2, 0.25) is 0 Å². The number of carbonyl (C=O) groups excluding carboxylic acids is 1. The van der Waals surface area contributed by atoms with Gasteiger partial charge < -0.3 is 4.74 Å². The van der Waals surface area contributed by atoms with Gasteiger partial charge in [-0.05, 0) is 24.5 Å². The van der Waals surface area contributed by atoms with Crippen LogP contribution in [0.5, 0.6) is 0 Å². The third kappa shape index (κ3) is 7.79. The van der Waals surface area contributed by atoms with Gasteiger partial charge >= 0.3 is 5.97 Å². The molecule has 0 aromatic heterocycles. The minimum absolute atomic E-state index is 0.190. The Bertz CT molecular complexity index is 641. The number of hydrogen-bond donors (Lipinski definition) is 0. The lowest BCUT2D eigenvalue weighted by molar-refractivity contribution is -0.137. The maximum atomic E-state index is 11.8. The molecule has 0 heterocycles. The molecule has 0 amide bonds. The molecule has 2 rings (SSSR count). The van der Waals surface area contributed by atoms with Gasteiger partial charge in [0.25, 0.3) is 0 Å². The number of benzene rings is 2. The average Bonchev–Trinajstić information content (AvgIpc) is 2.69. The van der Waals surface area contributed by atoms with E-state index in [0.717, 1.165) is 32.4 Å². The number of nitrogens with zero attached hydrogens (tertiary/aromatic N) is 1. The maximum absolute atomic E-state index is 11.8. The number of esters is 1. The molecule has 0 unspecified atom stereocenters. The molecule has 0 N–H and O–H groups in total. The van der Waals surface area contributed by atoms with Crippen molar-refractivity contribution in [3.63, 3.8) is 0 Å². The van der Waals surface area contributed by atoms with Gasteiger partial charge in [-0.15, -0.1) is 0 Å². The van der Waals surface area contributed by atoms with Crippen LogP contribution in [0.15, 0.2) is 72.8 Å². The highest BCUT2D eigenvalue weighted by atomic mass is 16.5. The van der Waals surface area contributed by atoms with E-state index in [0.29, 0.717) is 6.61 Å². The van der Waals surface area contributed by atoms with E-state index in [1.807, 2.05) is 25.1 Å². The van der Waals surface area contributed by atoms with Crippen molar-refractivity contribution in [2.45, 2.75) is 52.2 Å². The molecule has 3 heteroatoms. The highest BCUT2D eigenvalue weighted by Gasteiger charge is 2.17. The van der Waals surface area contributed by atoms with E-state index in [4.69, 9.17) is 4.74 Å². The van der Waals surface area contributed by atoms with Crippen molar-refractivity contribution in [1.29, 1.82) is 0 Å². The summed E-state index contributed by atoms with van der Waals surface area (Å²) < 4.78 is 5.07. The van der Waals surface area contributed by atoms with Crippen LogP contribution in [0, 0.1) is 0 Å². The molecule has 27 heavy (non-hydrogen) atoms. The quantitative estimate of drug-likeness (QED) is 0.396. The first-order valence-electron chi connectivity index (χ1n) is 9.89. The summed E-state index contributed by atoms with van der Waals surface area (Å²) >= 11 is 0. The fourth-order valence-electron chi connectivity index (χ4n) is 3.12. The highest BCUT2D eigenvalue weighted by molar-refractivity contribution is 5.81. The summed E-state index contributed by atoms with van der Waals surface area (Å²) in [5.74, 6) is -0.265. The van der Waals surface area contributed by atoms with E-state index in [2.05, 4.69) is 60.4 Å². The van der Waals surface area contributed by atoms with Gasteiger partial charge in [0.15, 0.2) is 0 Å². The van der Waals surface area contributed by atoms with Gasteiger partial charge in [-0.3, -0.25) is 4.90 Å². The predicted octanol–water partition coefficient (Wildman–Crippen LogP) is 5.37. The zero-order chi connectivity index (χ0) is 19.3. The van der Waals surface area contributed by atoms with E-state index >= 15 is 0 Å². The molecule has 1 atom stereocenters. The summed E-state index contributed by atoms with van der Waals surface area (Å²) in [6, 6.07) is 21.2. The topological polar surface area (TPSA) is 29.5 Å². The molecular formula is C24H31NO2. The van der Waals surface area contributed by atoms with E-state index in [9.17, 15) is 4.79 Å². The molecule has 0 aliphatic carbocycles. The minimum Gasteiger partial charge on any atom is -0.463 e. The first kappa shape index (κ1) is 20.9. The zero-order valence-corrected chi connectivity index (χ0v) is 16.5. The van der Waals surface area contributed by atoms with E-state index in [1.165, 1.54) is 11.1 Å². The smallest absolute Gasteiger partial charge is 0.330 e. The molecule has 0 saturated carbocycles. The molecule has 0 spiro atoms. The van der Waals surface area contributed by atoms with Gasteiger partial charge in [-0.25, -0.2) is 4.79 Å². The van der Waals surface area contributed by atoms with Gasteiger partial charge in [0.05, 0.1) is 6.61 Å². The molecular weight excluding hydrogens is 334 g/mol. The Morgan fingerprint density at radius 2 is 1.52 bits per heavy atom. The van der Waals surface area contributed by atoms with Gasteiger partial charge in [-0.1, -0.05) is 86.5 Å². The third-order valence-electron chi connectivity index (χ3n) is 4.52. The number of carbonyl (C=O) groups is 1. The van der Waals surface area contributed by atoms with Crippen molar-refractivity contribution in [1.82, 2.24) is 4.90 Å². The summed E-state index contributed by atoms with van der Waals surface area (Å²) in [5.41, 5.74) is 2.55. The highest BCUT2D eigenvalue weighted by Crippen LogP contribution is 2.18. The summed E-state index contributed by atoms with van der Waals surface area (Å²) in [6.07, 6.45) is 6.88. The second-order valence-electron chi connectivity index (χ2n) is 6.70. The summed E-state index contributed by atoms with van der Waals surface area (Å²) in [4.78, 5) is 14.3. The standard InChI is InChI=1S/C24H31NO2/c1-3-5-16-23(17-18-24(26)27-4-2)25(19-21-12-8-6-9-13-21)20-22-14-10-7-11-15-22/h6-15,17-18,23H,3-5,16,19-20H2,1-2H3/b18-17+/t23-/m0/s1. The number of rotatable bonds is 11. The van der Waals surface area contributed by atoms with Crippen LogP contribution in [0.3, 0.4) is 0 Å². The molecule has 0 radical (unpaired) electrons. The largest absolute Gasteiger partial charge is 0.463 e. The van der Waals surface area contributed by atoms with Crippen molar-refractivity contribution in [2.24, 2.45) is 0 Å². The fourth-order valence-corrected chi connectivity index (χ4v) is 3.12. The normalized spacial score (nSPS) is 12.4. The van der Waals surface area contributed by atoms with Gasteiger partial charge in [0.1, 0.15) is 0 Å². The lowest BCUT2D eigenvalue weighted by atomic mass is 10.0. The Kier molecular flexibility index (Phi) is 9.36. The Balaban J connectivity index is 2.22. The van der Waals surface area contributed by atoms with Crippen LogP contribution in [0.1, 0.15) is 44.2 Å². The SMILES string of the molecule is CCCC[C@@H](/C=C/C(=O)OCC)N(Cc1ccccc1)Cc1ccccc1. The van der Waals surface area contributed by atoms with Crippen molar-refractivity contribution < 1.29 is 9.53 Å². The third-order valence-corrected chi connectivity index (χ3v) is 4.52. The Hall–Kier alpha value is -2.39. The molecule has 0 aliphatic rings. The minimum atomic E-state index is -0.265. The Labute approximate surface area is 163 Å². The average molecular weight is 366 g/mol. The monoisotopic (exact) mass is 365 g/mol. The molecule has 0 aliphatic heterocycles. The second kappa shape index (κ2) is 12.1. The van der Waals surface area contributed by atoms with Gasteiger partial charge in [0, 0.05) is 25.2 Å². The van der Waals surface area contributed by atoms with Crippen LogP contribution in [0.2, 0.25) is 0 Å². The molecule has 2 aromatic carbocycles. The van der Waals surface area contributed by atoms with E-state index in [-0.39, 0.29) is 12.0 Å². The van der Waals surface area contributed by atoms with Crippen LogP contribution in [0.25, 0.3) is 0 Å². The second-order valence-corrected chi connectivity index (χ2v) is 6.70. The van der Waals surface area contributed by atoms with Crippen LogP contribution in [-0.2, 0) is 22.6 Å². The number of unbranched alkanes of at least 4 members (excludes halogenated alkanes) is 1. The molecule has 2 aromatic rings. The first-order chi connectivity index (χ1) is 13.2. The van der Waals surface area contributed by atoms with Gasteiger partial charge in [-0.2, -0.15) is 0 Å². The van der Waals surface area contributed by atoms with Crippen LogP contribution in [0.4, 0.5) is 0 Å². The van der Waals surface area contributed by atoms with E-state index in [1.54, 1.807) is 6.08 Å². The molecule has 0 bridgehead atoms. The lowest BCUT2D eigenvalue weighted by Gasteiger charge is -2.30. The fraction of sp³-hybridized carbons (Fsp3) is 0.375. The van der Waals surface area contributed by atoms with Crippen LogP contribution in [-0.4, -0.2) is 23.5 Å². The molecule has 3 nitrogen and oxygen atoms in total. The lowest BCUT2D eigenvalue weighted by Crippen LogP contribution is -2.33. The van der Waals surface area contributed by atoms with Crippen molar-refractivity contribution >= 4 is 5.97 Å². The summed E-state index contributed by atoms with van der Waals surface area (Å²) in [6.45, 7) is 6.12. The summed E-state index contributed by atoms with van der Waals surface area (Å²) in [7, 11) is 0.